The van der Waals surface area contributed by atoms with Crippen LogP contribution in [0.2, 0.25) is 0 Å². The first-order valence-electron chi connectivity index (χ1n) is 6.31. The van der Waals surface area contributed by atoms with Crippen molar-refractivity contribution >= 4 is 10.9 Å². The first-order chi connectivity index (χ1) is 8.02. The van der Waals surface area contributed by atoms with E-state index in [1.807, 2.05) is 6.92 Å². The van der Waals surface area contributed by atoms with Crippen molar-refractivity contribution in [2.45, 2.75) is 45.6 Å². The Morgan fingerprint density at radius 3 is 2.76 bits per heavy atom. The lowest BCUT2D eigenvalue weighted by molar-refractivity contribution is 0.0498. The molecule has 0 saturated heterocycles. The van der Waals surface area contributed by atoms with Crippen LogP contribution < -0.4 is 0 Å². The molecule has 0 fully saturated rings. The SMILES string of the molecule is CCCC(C)(O)Cc1cc2c(C)cccc2[nH]1. The monoisotopic (exact) mass is 231 g/mol. The minimum Gasteiger partial charge on any atom is -0.390 e. The van der Waals surface area contributed by atoms with E-state index >= 15 is 0 Å². The van der Waals surface area contributed by atoms with E-state index in [0.717, 1.165) is 24.1 Å². The van der Waals surface area contributed by atoms with Gasteiger partial charge in [0.1, 0.15) is 0 Å². The largest absolute Gasteiger partial charge is 0.390 e. The fourth-order valence-corrected chi connectivity index (χ4v) is 2.50. The summed E-state index contributed by atoms with van der Waals surface area (Å²) < 4.78 is 0. The Hall–Kier alpha value is -1.28. The number of rotatable bonds is 4. The van der Waals surface area contributed by atoms with Gasteiger partial charge in [-0.3, -0.25) is 0 Å². The molecule has 0 aliphatic rings. The molecule has 17 heavy (non-hydrogen) atoms. The molecule has 0 spiro atoms. The molecule has 1 atom stereocenters. The molecule has 0 aliphatic heterocycles. The smallest absolute Gasteiger partial charge is 0.0674 e. The van der Waals surface area contributed by atoms with Gasteiger partial charge in [0.2, 0.25) is 0 Å². The summed E-state index contributed by atoms with van der Waals surface area (Å²) in [7, 11) is 0. The van der Waals surface area contributed by atoms with Crippen molar-refractivity contribution in [2.24, 2.45) is 0 Å². The summed E-state index contributed by atoms with van der Waals surface area (Å²) in [6.07, 6.45) is 2.53. The minimum absolute atomic E-state index is 0.608. The van der Waals surface area contributed by atoms with Gasteiger partial charge < -0.3 is 10.1 Å². The maximum Gasteiger partial charge on any atom is 0.0674 e. The van der Waals surface area contributed by atoms with Crippen LogP contribution in [0.1, 0.15) is 37.9 Å². The van der Waals surface area contributed by atoms with Gasteiger partial charge in [0, 0.05) is 23.0 Å². The van der Waals surface area contributed by atoms with Crippen LogP contribution >= 0.6 is 0 Å². The molecule has 1 unspecified atom stereocenters. The number of benzene rings is 1. The van der Waals surface area contributed by atoms with Gasteiger partial charge in [-0.05, 0) is 38.0 Å². The van der Waals surface area contributed by atoms with E-state index in [4.69, 9.17) is 0 Å². The molecule has 0 radical (unpaired) electrons. The first-order valence-corrected chi connectivity index (χ1v) is 6.31. The molecule has 1 heterocycles. The second-order valence-corrected chi connectivity index (χ2v) is 5.25. The second-order valence-electron chi connectivity index (χ2n) is 5.25. The summed E-state index contributed by atoms with van der Waals surface area (Å²) >= 11 is 0. The second kappa shape index (κ2) is 4.53. The average Bonchev–Trinajstić information content (AvgIpc) is 2.60. The summed E-state index contributed by atoms with van der Waals surface area (Å²) in [4.78, 5) is 3.39. The number of aromatic nitrogens is 1. The fourth-order valence-electron chi connectivity index (χ4n) is 2.50. The zero-order chi connectivity index (χ0) is 12.5. The highest BCUT2D eigenvalue weighted by Crippen LogP contribution is 2.23. The van der Waals surface area contributed by atoms with Crippen molar-refractivity contribution in [1.29, 1.82) is 0 Å². The summed E-state index contributed by atoms with van der Waals surface area (Å²) in [6.45, 7) is 6.13. The van der Waals surface area contributed by atoms with Gasteiger partial charge >= 0.3 is 0 Å². The third kappa shape index (κ3) is 2.70. The van der Waals surface area contributed by atoms with E-state index in [0.29, 0.717) is 6.42 Å². The molecular weight excluding hydrogens is 210 g/mol. The molecule has 2 heteroatoms. The summed E-state index contributed by atoms with van der Waals surface area (Å²) in [5.41, 5.74) is 2.95. The van der Waals surface area contributed by atoms with Gasteiger partial charge in [-0.25, -0.2) is 0 Å². The highest BCUT2D eigenvalue weighted by Gasteiger charge is 2.20. The Morgan fingerprint density at radius 1 is 1.35 bits per heavy atom. The lowest BCUT2D eigenvalue weighted by Gasteiger charge is -2.21. The van der Waals surface area contributed by atoms with Crippen LogP contribution in [0.5, 0.6) is 0 Å². The topological polar surface area (TPSA) is 36.0 Å². The Kier molecular flexibility index (Phi) is 3.25. The van der Waals surface area contributed by atoms with Gasteiger partial charge in [0.15, 0.2) is 0 Å². The Balaban J connectivity index is 2.28. The highest BCUT2D eigenvalue weighted by atomic mass is 16.3. The zero-order valence-corrected chi connectivity index (χ0v) is 10.9. The Bertz CT molecular complexity index is 511. The summed E-state index contributed by atoms with van der Waals surface area (Å²) in [5.74, 6) is 0. The lowest BCUT2D eigenvalue weighted by Crippen LogP contribution is -2.26. The van der Waals surface area contributed by atoms with Crippen LogP contribution in [0.15, 0.2) is 24.3 Å². The molecule has 2 rings (SSSR count). The number of hydrogen-bond donors (Lipinski definition) is 2. The standard InChI is InChI=1S/C15H21NO/c1-4-8-15(3,17)10-12-9-13-11(2)6-5-7-14(13)16-12/h5-7,9,16-17H,4,8,10H2,1-3H3. The van der Waals surface area contributed by atoms with Crippen LogP contribution in [-0.4, -0.2) is 15.7 Å². The molecule has 0 saturated carbocycles. The van der Waals surface area contributed by atoms with Crippen LogP contribution in [0, 0.1) is 6.92 Å². The molecule has 0 amide bonds. The number of aryl methyl sites for hydroxylation is 1. The van der Waals surface area contributed by atoms with E-state index in [1.54, 1.807) is 0 Å². The van der Waals surface area contributed by atoms with Gasteiger partial charge in [0.05, 0.1) is 5.60 Å². The lowest BCUT2D eigenvalue weighted by atomic mass is 9.95. The normalized spacial score (nSPS) is 15.1. The Labute approximate surface area is 103 Å². The molecule has 2 N–H and O–H groups in total. The van der Waals surface area contributed by atoms with Crippen molar-refractivity contribution in [3.05, 3.63) is 35.5 Å². The maximum absolute atomic E-state index is 10.2. The summed E-state index contributed by atoms with van der Waals surface area (Å²) in [5, 5.41) is 11.5. The van der Waals surface area contributed by atoms with Crippen LogP contribution in [-0.2, 0) is 6.42 Å². The zero-order valence-electron chi connectivity index (χ0n) is 10.9. The maximum atomic E-state index is 10.2. The Morgan fingerprint density at radius 2 is 2.12 bits per heavy atom. The van der Waals surface area contributed by atoms with E-state index in [1.165, 1.54) is 10.9 Å². The highest BCUT2D eigenvalue weighted by molar-refractivity contribution is 5.83. The quantitative estimate of drug-likeness (QED) is 0.829. The molecule has 1 aromatic carbocycles. The van der Waals surface area contributed by atoms with Gasteiger partial charge in [-0.2, -0.15) is 0 Å². The molecule has 0 bridgehead atoms. The predicted octanol–water partition coefficient (Wildman–Crippen LogP) is 3.57. The minimum atomic E-state index is -0.608. The fraction of sp³-hybridized carbons (Fsp3) is 0.467. The van der Waals surface area contributed by atoms with E-state index < -0.39 is 5.60 Å². The van der Waals surface area contributed by atoms with Crippen LogP contribution in [0.25, 0.3) is 10.9 Å². The summed E-state index contributed by atoms with van der Waals surface area (Å²) in [6, 6.07) is 8.42. The number of aromatic amines is 1. The van der Waals surface area contributed by atoms with E-state index in [2.05, 4.69) is 43.1 Å². The van der Waals surface area contributed by atoms with E-state index in [9.17, 15) is 5.11 Å². The molecule has 0 aliphatic carbocycles. The van der Waals surface area contributed by atoms with E-state index in [-0.39, 0.29) is 0 Å². The average molecular weight is 231 g/mol. The van der Waals surface area contributed by atoms with Crippen molar-refractivity contribution in [1.82, 2.24) is 4.98 Å². The number of aliphatic hydroxyl groups is 1. The van der Waals surface area contributed by atoms with Gasteiger partial charge in [-0.1, -0.05) is 25.5 Å². The van der Waals surface area contributed by atoms with Crippen molar-refractivity contribution in [2.75, 3.05) is 0 Å². The van der Waals surface area contributed by atoms with Crippen LogP contribution in [0.4, 0.5) is 0 Å². The third-order valence-corrected chi connectivity index (χ3v) is 3.30. The van der Waals surface area contributed by atoms with Crippen molar-refractivity contribution < 1.29 is 5.11 Å². The number of hydrogen-bond acceptors (Lipinski definition) is 1. The van der Waals surface area contributed by atoms with Gasteiger partial charge in [-0.15, -0.1) is 0 Å². The predicted molar refractivity (Wildman–Crippen MR) is 72.3 cm³/mol. The number of H-pyrrole nitrogens is 1. The molecule has 2 nitrogen and oxygen atoms in total. The third-order valence-electron chi connectivity index (χ3n) is 3.30. The first kappa shape index (κ1) is 12.2. The molecular formula is C15H21NO. The molecule has 92 valence electrons. The van der Waals surface area contributed by atoms with Crippen LogP contribution in [0.3, 0.4) is 0 Å². The molecule has 1 aromatic heterocycles. The number of nitrogens with one attached hydrogen (secondary N) is 1. The van der Waals surface area contributed by atoms with Gasteiger partial charge in [0.25, 0.3) is 0 Å². The number of fused-ring (bicyclic) bond motifs is 1. The molecule has 2 aromatic rings. The van der Waals surface area contributed by atoms with Crippen molar-refractivity contribution in [3.8, 4) is 0 Å². The van der Waals surface area contributed by atoms with Crippen molar-refractivity contribution in [3.63, 3.8) is 0 Å².